The molecule has 0 aliphatic rings. The molecular weight excluding hydrogens is 293 g/mol. The number of ether oxygens (including phenoxy) is 1. The Bertz CT molecular complexity index is 836. The van der Waals surface area contributed by atoms with Crippen molar-refractivity contribution in [3.63, 3.8) is 0 Å². The molecule has 0 spiro atoms. The average Bonchev–Trinajstić information content (AvgIpc) is 2.52. The van der Waals surface area contributed by atoms with Crippen LogP contribution in [0.15, 0.2) is 48.7 Å². The third-order valence-electron chi connectivity index (χ3n) is 3.00. The van der Waals surface area contributed by atoms with Gasteiger partial charge in [0, 0.05) is 11.6 Å². The van der Waals surface area contributed by atoms with Gasteiger partial charge in [0.05, 0.1) is 10.6 Å². The van der Waals surface area contributed by atoms with Gasteiger partial charge >= 0.3 is 0 Å². The molecule has 104 valence electrons. The van der Waals surface area contributed by atoms with Crippen LogP contribution in [0.25, 0.3) is 10.9 Å². The van der Waals surface area contributed by atoms with Crippen molar-refractivity contribution in [1.82, 2.24) is 4.98 Å². The van der Waals surface area contributed by atoms with Crippen LogP contribution in [0.3, 0.4) is 0 Å². The fraction of sp³-hybridized carbons (Fsp3) is 0. The van der Waals surface area contributed by atoms with Crippen LogP contribution in [0.2, 0.25) is 5.02 Å². The SMILES string of the molecule is O=Cc1cc(F)ccc1Oc1ccc(Cl)c2cccnc12. The van der Waals surface area contributed by atoms with Crippen molar-refractivity contribution in [2.75, 3.05) is 0 Å². The van der Waals surface area contributed by atoms with Gasteiger partial charge in [0.1, 0.15) is 17.1 Å². The van der Waals surface area contributed by atoms with E-state index in [1.165, 1.54) is 12.1 Å². The summed E-state index contributed by atoms with van der Waals surface area (Å²) in [7, 11) is 0. The maximum Gasteiger partial charge on any atom is 0.153 e. The van der Waals surface area contributed by atoms with E-state index in [-0.39, 0.29) is 11.3 Å². The first kappa shape index (κ1) is 13.5. The summed E-state index contributed by atoms with van der Waals surface area (Å²) in [5, 5.41) is 1.30. The van der Waals surface area contributed by atoms with Gasteiger partial charge in [-0.1, -0.05) is 11.6 Å². The molecule has 1 aromatic heterocycles. The number of halogens is 2. The predicted molar refractivity (Wildman–Crippen MR) is 78.6 cm³/mol. The van der Waals surface area contributed by atoms with Crippen molar-refractivity contribution in [2.24, 2.45) is 0 Å². The lowest BCUT2D eigenvalue weighted by Gasteiger charge is -2.10. The second kappa shape index (κ2) is 5.50. The van der Waals surface area contributed by atoms with E-state index in [1.807, 2.05) is 6.07 Å². The second-order valence-electron chi connectivity index (χ2n) is 4.35. The lowest BCUT2D eigenvalue weighted by atomic mass is 10.2. The largest absolute Gasteiger partial charge is 0.454 e. The Morgan fingerprint density at radius 2 is 1.95 bits per heavy atom. The van der Waals surface area contributed by atoms with Crippen molar-refractivity contribution in [3.8, 4) is 11.5 Å². The lowest BCUT2D eigenvalue weighted by Crippen LogP contribution is -1.93. The number of fused-ring (bicyclic) bond motifs is 1. The maximum atomic E-state index is 13.1. The minimum atomic E-state index is -0.497. The molecule has 0 saturated carbocycles. The van der Waals surface area contributed by atoms with Crippen LogP contribution in [-0.4, -0.2) is 11.3 Å². The first-order valence-corrected chi connectivity index (χ1v) is 6.52. The van der Waals surface area contributed by atoms with Gasteiger partial charge < -0.3 is 4.74 Å². The molecule has 0 fully saturated rings. The minimum Gasteiger partial charge on any atom is -0.454 e. The summed E-state index contributed by atoms with van der Waals surface area (Å²) in [4.78, 5) is 15.2. The number of pyridine rings is 1. The second-order valence-corrected chi connectivity index (χ2v) is 4.75. The van der Waals surface area contributed by atoms with E-state index in [1.54, 1.807) is 24.4 Å². The number of aldehydes is 1. The Hall–Kier alpha value is -2.46. The average molecular weight is 302 g/mol. The van der Waals surface area contributed by atoms with E-state index >= 15 is 0 Å². The van der Waals surface area contributed by atoms with Gasteiger partial charge in [-0.2, -0.15) is 0 Å². The van der Waals surface area contributed by atoms with Crippen LogP contribution >= 0.6 is 11.6 Å². The highest BCUT2D eigenvalue weighted by Crippen LogP contribution is 2.33. The van der Waals surface area contributed by atoms with Crippen LogP contribution in [0.1, 0.15) is 10.4 Å². The molecule has 3 rings (SSSR count). The molecule has 0 unspecified atom stereocenters. The first-order valence-electron chi connectivity index (χ1n) is 6.15. The van der Waals surface area contributed by atoms with E-state index in [2.05, 4.69) is 4.98 Å². The molecule has 0 bridgehead atoms. The quantitative estimate of drug-likeness (QED) is 0.662. The molecule has 2 aromatic carbocycles. The first-order chi connectivity index (χ1) is 10.2. The number of hydrogen-bond donors (Lipinski definition) is 0. The number of carbonyl (C=O) groups is 1. The van der Waals surface area contributed by atoms with E-state index in [4.69, 9.17) is 16.3 Å². The van der Waals surface area contributed by atoms with Crippen molar-refractivity contribution in [1.29, 1.82) is 0 Å². The molecule has 5 heteroatoms. The third kappa shape index (κ3) is 2.58. The number of aromatic nitrogens is 1. The summed E-state index contributed by atoms with van der Waals surface area (Å²) in [6, 6.07) is 10.7. The monoisotopic (exact) mass is 301 g/mol. The summed E-state index contributed by atoms with van der Waals surface area (Å²) < 4.78 is 18.8. The number of nitrogens with zero attached hydrogens (tertiary/aromatic N) is 1. The van der Waals surface area contributed by atoms with Crippen LogP contribution in [0, 0.1) is 5.82 Å². The smallest absolute Gasteiger partial charge is 0.153 e. The van der Waals surface area contributed by atoms with Gasteiger partial charge in [-0.15, -0.1) is 0 Å². The highest BCUT2D eigenvalue weighted by atomic mass is 35.5. The number of carbonyl (C=O) groups excluding carboxylic acids is 1. The fourth-order valence-electron chi connectivity index (χ4n) is 2.02. The predicted octanol–water partition coefficient (Wildman–Crippen LogP) is 4.63. The zero-order chi connectivity index (χ0) is 14.8. The molecule has 0 atom stereocenters. The van der Waals surface area contributed by atoms with Gasteiger partial charge in [-0.05, 0) is 42.5 Å². The summed E-state index contributed by atoms with van der Waals surface area (Å²) in [6.07, 6.45) is 2.17. The Morgan fingerprint density at radius 3 is 2.76 bits per heavy atom. The van der Waals surface area contributed by atoms with Gasteiger partial charge in [0.25, 0.3) is 0 Å². The summed E-state index contributed by atoms with van der Waals surface area (Å²) in [6.45, 7) is 0. The van der Waals surface area contributed by atoms with E-state index in [0.717, 1.165) is 11.5 Å². The zero-order valence-electron chi connectivity index (χ0n) is 10.7. The Balaban J connectivity index is 2.11. The molecule has 0 saturated heterocycles. The van der Waals surface area contributed by atoms with E-state index < -0.39 is 5.82 Å². The van der Waals surface area contributed by atoms with Crippen molar-refractivity contribution < 1.29 is 13.9 Å². The Kier molecular flexibility index (Phi) is 3.54. The fourth-order valence-corrected chi connectivity index (χ4v) is 2.23. The zero-order valence-corrected chi connectivity index (χ0v) is 11.5. The van der Waals surface area contributed by atoms with E-state index in [0.29, 0.717) is 22.6 Å². The standard InChI is InChI=1S/C16H9ClFNO2/c17-13-4-6-15(16-12(13)2-1-7-19-16)21-14-5-3-11(18)8-10(14)9-20/h1-9H. The molecule has 1 heterocycles. The van der Waals surface area contributed by atoms with Gasteiger partial charge in [-0.25, -0.2) is 4.39 Å². The molecule has 0 radical (unpaired) electrons. The summed E-state index contributed by atoms with van der Waals surface area (Å²) in [5.41, 5.74) is 0.709. The normalized spacial score (nSPS) is 10.6. The van der Waals surface area contributed by atoms with Crippen LogP contribution in [0.4, 0.5) is 4.39 Å². The van der Waals surface area contributed by atoms with E-state index in [9.17, 15) is 9.18 Å². The molecule has 0 N–H and O–H groups in total. The highest BCUT2D eigenvalue weighted by molar-refractivity contribution is 6.35. The number of rotatable bonds is 3. The molecular formula is C16H9ClFNO2. The topological polar surface area (TPSA) is 39.2 Å². The molecule has 0 aliphatic heterocycles. The van der Waals surface area contributed by atoms with Gasteiger partial charge in [0.2, 0.25) is 0 Å². The van der Waals surface area contributed by atoms with Crippen molar-refractivity contribution in [3.05, 3.63) is 65.1 Å². The Morgan fingerprint density at radius 1 is 1.14 bits per heavy atom. The summed E-state index contributed by atoms with van der Waals surface area (Å²) >= 11 is 6.11. The number of benzene rings is 2. The molecule has 3 aromatic rings. The summed E-state index contributed by atoms with van der Waals surface area (Å²) in [5.74, 6) is 0.217. The van der Waals surface area contributed by atoms with Gasteiger partial charge in [-0.3, -0.25) is 9.78 Å². The maximum absolute atomic E-state index is 13.1. The minimum absolute atomic E-state index is 0.133. The van der Waals surface area contributed by atoms with Crippen LogP contribution in [-0.2, 0) is 0 Å². The molecule has 0 amide bonds. The lowest BCUT2D eigenvalue weighted by molar-refractivity contribution is 0.112. The van der Waals surface area contributed by atoms with Crippen LogP contribution < -0.4 is 4.74 Å². The molecule has 21 heavy (non-hydrogen) atoms. The van der Waals surface area contributed by atoms with Crippen molar-refractivity contribution in [2.45, 2.75) is 0 Å². The molecule has 3 nitrogen and oxygen atoms in total. The van der Waals surface area contributed by atoms with Gasteiger partial charge in [0.15, 0.2) is 12.0 Å². The highest BCUT2D eigenvalue weighted by Gasteiger charge is 2.10. The molecule has 0 aliphatic carbocycles. The van der Waals surface area contributed by atoms with Crippen molar-refractivity contribution >= 4 is 28.8 Å². The Labute approximate surface area is 124 Å². The third-order valence-corrected chi connectivity index (χ3v) is 3.33. The van der Waals surface area contributed by atoms with Crippen LogP contribution in [0.5, 0.6) is 11.5 Å². The number of hydrogen-bond acceptors (Lipinski definition) is 3.